The van der Waals surface area contributed by atoms with Crippen LogP contribution in [0.25, 0.3) is 0 Å². The Kier molecular flexibility index (Phi) is 6.78. The molecule has 34 heavy (non-hydrogen) atoms. The maximum absolute atomic E-state index is 13.1. The number of imide groups is 1. The number of Topliss-reactive ketones (excluding diaryl/α,β-unsaturated/α-hetero) is 1. The van der Waals surface area contributed by atoms with Crippen LogP contribution in [0.15, 0.2) is 66.7 Å². The van der Waals surface area contributed by atoms with Crippen molar-refractivity contribution in [1.29, 1.82) is 0 Å². The lowest BCUT2D eigenvalue weighted by Crippen LogP contribution is -2.29. The first-order chi connectivity index (χ1) is 16.2. The number of ketones is 1. The number of hydrogen-bond donors (Lipinski definition) is 0. The van der Waals surface area contributed by atoms with Gasteiger partial charge in [0.15, 0.2) is 5.78 Å². The number of benzene rings is 3. The van der Waals surface area contributed by atoms with Gasteiger partial charge in [0.05, 0.1) is 16.8 Å². The summed E-state index contributed by atoms with van der Waals surface area (Å²) >= 11 is 0. The molecule has 0 aromatic heterocycles. The lowest BCUT2D eigenvalue weighted by molar-refractivity contribution is 0.0924. The molecule has 0 atom stereocenters. The normalized spacial score (nSPS) is 13.2. The van der Waals surface area contributed by atoms with Crippen LogP contribution in [0, 0.1) is 5.92 Å². The van der Waals surface area contributed by atoms with Gasteiger partial charge in [-0.2, -0.15) is 0 Å². The molecule has 1 aliphatic rings. The number of amides is 2. The average Bonchev–Trinajstić information content (AvgIpc) is 3.07. The fourth-order valence-corrected chi connectivity index (χ4v) is 4.23. The molecule has 0 aliphatic carbocycles. The minimum atomic E-state index is -0.379. The van der Waals surface area contributed by atoms with E-state index in [0.29, 0.717) is 40.6 Å². The number of hydrogen-bond acceptors (Lipinski definition) is 3. The number of fused-ring (bicyclic) bond motifs is 1. The van der Waals surface area contributed by atoms with Crippen molar-refractivity contribution in [2.24, 2.45) is 5.92 Å². The Morgan fingerprint density at radius 1 is 0.765 bits per heavy atom. The van der Waals surface area contributed by atoms with Crippen LogP contribution in [0.4, 0.5) is 5.69 Å². The van der Waals surface area contributed by atoms with Crippen molar-refractivity contribution in [2.45, 2.75) is 52.9 Å². The molecular formula is C30H31NO3. The molecule has 3 aromatic carbocycles. The molecule has 0 N–H and O–H groups in total. The van der Waals surface area contributed by atoms with Crippen molar-refractivity contribution < 1.29 is 14.4 Å². The minimum Gasteiger partial charge on any atom is -0.294 e. The van der Waals surface area contributed by atoms with Gasteiger partial charge in [-0.05, 0) is 65.6 Å². The van der Waals surface area contributed by atoms with Gasteiger partial charge >= 0.3 is 0 Å². The van der Waals surface area contributed by atoms with Crippen LogP contribution in [0.1, 0.15) is 94.2 Å². The Morgan fingerprint density at radius 2 is 1.35 bits per heavy atom. The first kappa shape index (κ1) is 23.6. The highest BCUT2D eigenvalue weighted by Gasteiger charge is 2.37. The van der Waals surface area contributed by atoms with E-state index in [4.69, 9.17) is 0 Å². The third-order valence-corrected chi connectivity index (χ3v) is 6.41. The van der Waals surface area contributed by atoms with Crippen molar-refractivity contribution >= 4 is 23.3 Å². The second kappa shape index (κ2) is 9.76. The maximum atomic E-state index is 13.1. The topological polar surface area (TPSA) is 54.5 Å². The Labute approximate surface area is 201 Å². The lowest BCUT2D eigenvalue weighted by atomic mass is 9.98. The number of rotatable bonds is 8. The van der Waals surface area contributed by atoms with Crippen molar-refractivity contribution in [3.05, 3.63) is 100 Å². The molecule has 0 bridgehead atoms. The Balaban J connectivity index is 1.50. The summed E-state index contributed by atoms with van der Waals surface area (Å²) in [5, 5.41) is 0. The Bertz CT molecular complexity index is 1220. The summed E-state index contributed by atoms with van der Waals surface area (Å²) in [5.41, 5.74) is 5.31. The molecule has 0 spiro atoms. The van der Waals surface area contributed by atoms with Crippen LogP contribution in [0.3, 0.4) is 0 Å². The Hall–Kier alpha value is -3.53. The molecule has 0 saturated heterocycles. The van der Waals surface area contributed by atoms with Gasteiger partial charge in [-0.1, -0.05) is 70.2 Å². The fraction of sp³-hybridized carbons (Fsp3) is 0.300. The fourth-order valence-electron chi connectivity index (χ4n) is 4.23. The average molecular weight is 454 g/mol. The summed E-state index contributed by atoms with van der Waals surface area (Å²) < 4.78 is 0. The zero-order chi connectivity index (χ0) is 24.4. The molecule has 174 valence electrons. The second-order valence-electron chi connectivity index (χ2n) is 9.80. The largest absolute Gasteiger partial charge is 0.294 e. The van der Waals surface area contributed by atoms with Gasteiger partial charge in [-0.3, -0.25) is 14.4 Å². The highest BCUT2D eigenvalue weighted by molar-refractivity contribution is 6.34. The van der Waals surface area contributed by atoms with Crippen LogP contribution in [0.5, 0.6) is 0 Å². The molecule has 0 saturated carbocycles. The van der Waals surface area contributed by atoms with E-state index in [1.54, 1.807) is 18.2 Å². The van der Waals surface area contributed by atoms with E-state index >= 15 is 0 Å². The SMILES string of the molecule is CC(C)CCC(=O)c1ccc2c(c1)C(=O)N(c1ccc(Cc3ccc(C(C)C)cc3)cc1)C2=O. The van der Waals surface area contributed by atoms with Gasteiger partial charge in [0.25, 0.3) is 11.8 Å². The molecule has 2 amide bonds. The van der Waals surface area contributed by atoms with Crippen LogP contribution >= 0.6 is 0 Å². The highest BCUT2D eigenvalue weighted by atomic mass is 16.2. The monoisotopic (exact) mass is 453 g/mol. The molecule has 4 nitrogen and oxygen atoms in total. The molecule has 0 fully saturated rings. The van der Waals surface area contributed by atoms with Crippen LogP contribution in [-0.4, -0.2) is 17.6 Å². The molecule has 4 rings (SSSR count). The summed E-state index contributed by atoms with van der Waals surface area (Å²) in [6.07, 6.45) is 2.01. The molecule has 3 aromatic rings. The van der Waals surface area contributed by atoms with E-state index in [2.05, 4.69) is 52.0 Å². The van der Waals surface area contributed by atoms with Crippen LogP contribution in [0.2, 0.25) is 0 Å². The molecule has 1 heterocycles. The van der Waals surface area contributed by atoms with Gasteiger partial charge in [0.1, 0.15) is 0 Å². The van der Waals surface area contributed by atoms with E-state index in [1.807, 2.05) is 24.3 Å². The number of nitrogens with zero attached hydrogens (tertiary/aromatic N) is 1. The van der Waals surface area contributed by atoms with Gasteiger partial charge < -0.3 is 0 Å². The number of anilines is 1. The van der Waals surface area contributed by atoms with E-state index in [1.165, 1.54) is 16.0 Å². The molecule has 1 aliphatic heterocycles. The minimum absolute atomic E-state index is 0.000906. The second-order valence-corrected chi connectivity index (χ2v) is 9.80. The predicted octanol–water partition coefficient (Wildman–Crippen LogP) is 6.82. The smallest absolute Gasteiger partial charge is 0.266 e. The third-order valence-electron chi connectivity index (χ3n) is 6.41. The predicted molar refractivity (Wildman–Crippen MR) is 136 cm³/mol. The van der Waals surface area contributed by atoms with Crippen molar-refractivity contribution in [2.75, 3.05) is 4.90 Å². The summed E-state index contributed by atoms with van der Waals surface area (Å²) in [6, 6.07) is 21.0. The molecule has 4 heteroatoms. The first-order valence-corrected chi connectivity index (χ1v) is 12.0. The number of carbonyl (C=O) groups excluding carboxylic acids is 3. The standard InChI is InChI=1S/C30H31NO3/c1-19(2)5-16-28(32)24-12-15-26-27(18-24)30(34)31(29(26)33)25-13-8-22(9-14-25)17-21-6-10-23(11-7-21)20(3)4/h6-15,18-20H,5,16-17H2,1-4H3. The summed E-state index contributed by atoms with van der Waals surface area (Å²) in [7, 11) is 0. The van der Waals surface area contributed by atoms with Crippen LogP contribution < -0.4 is 4.90 Å². The van der Waals surface area contributed by atoms with E-state index in [-0.39, 0.29) is 17.6 Å². The van der Waals surface area contributed by atoms with E-state index < -0.39 is 0 Å². The van der Waals surface area contributed by atoms with Gasteiger partial charge in [-0.25, -0.2) is 4.90 Å². The number of carbonyl (C=O) groups is 3. The third kappa shape index (κ3) is 4.86. The summed E-state index contributed by atoms with van der Waals surface area (Å²) in [6.45, 7) is 8.50. The summed E-state index contributed by atoms with van der Waals surface area (Å²) in [4.78, 5) is 39.8. The molecule has 0 unspecified atom stereocenters. The van der Waals surface area contributed by atoms with Gasteiger partial charge in [0, 0.05) is 12.0 Å². The molecular weight excluding hydrogens is 422 g/mol. The van der Waals surface area contributed by atoms with Gasteiger partial charge in [-0.15, -0.1) is 0 Å². The maximum Gasteiger partial charge on any atom is 0.266 e. The zero-order valence-corrected chi connectivity index (χ0v) is 20.3. The molecule has 0 radical (unpaired) electrons. The van der Waals surface area contributed by atoms with Gasteiger partial charge in [0.2, 0.25) is 0 Å². The zero-order valence-electron chi connectivity index (χ0n) is 20.3. The highest BCUT2D eigenvalue weighted by Crippen LogP contribution is 2.30. The Morgan fingerprint density at radius 3 is 1.94 bits per heavy atom. The van der Waals surface area contributed by atoms with Crippen LogP contribution in [-0.2, 0) is 6.42 Å². The van der Waals surface area contributed by atoms with E-state index in [0.717, 1.165) is 18.4 Å². The van der Waals surface area contributed by atoms with Crippen molar-refractivity contribution in [3.63, 3.8) is 0 Å². The van der Waals surface area contributed by atoms with E-state index in [9.17, 15) is 14.4 Å². The lowest BCUT2D eigenvalue weighted by Gasteiger charge is -2.14. The summed E-state index contributed by atoms with van der Waals surface area (Å²) in [5.74, 6) is 0.205. The first-order valence-electron chi connectivity index (χ1n) is 12.0. The van der Waals surface area contributed by atoms with Crippen molar-refractivity contribution in [3.8, 4) is 0 Å². The van der Waals surface area contributed by atoms with Crippen molar-refractivity contribution in [1.82, 2.24) is 0 Å². The quantitative estimate of drug-likeness (QED) is 0.278.